The summed E-state index contributed by atoms with van der Waals surface area (Å²) in [5.74, 6) is 0. The van der Waals surface area contributed by atoms with E-state index in [0.29, 0.717) is 6.41 Å². The van der Waals surface area contributed by atoms with E-state index in [1.54, 1.807) is 12.3 Å². The maximum atomic E-state index is 10.3. The van der Waals surface area contributed by atoms with Gasteiger partial charge in [-0.25, -0.2) is 0 Å². The second-order valence-corrected chi connectivity index (χ2v) is 2.64. The Balaban J connectivity index is 2.68. The first-order valence-electron chi connectivity index (χ1n) is 3.96. The average molecular weight is 172 g/mol. The lowest BCUT2D eigenvalue weighted by atomic mass is 10.2. The van der Waals surface area contributed by atoms with E-state index in [9.17, 15) is 4.79 Å². The van der Waals surface area contributed by atoms with Crippen LogP contribution in [0.2, 0.25) is 0 Å². The molecule has 1 amide bonds. The fraction of sp³-hybridized carbons (Fsp3) is 0. The van der Waals surface area contributed by atoms with Gasteiger partial charge in [-0.3, -0.25) is 9.78 Å². The topological polar surface area (TPSA) is 42.0 Å². The predicted octanol–water partition coefficient (Wildman–Crippen LogP) is 1.80. The molecule has 3 nitrogen and oxygen atoms in total. The van der Waals surface area contributed by atoms with Crippen molar-refractivity contribution in [3.63, 3.8) is 0 Å². The first-order chi connectivity index (χ1) is 6.42. The summed E-state index contributed by atoms with van der Waals surface area (Å²) in [6.45, 7) is 0. The van der Waals surface area contributed by atoms with Crippen molar-refractivity contribution < 1.29 is 4.79 Å². The molecule has 2 aromatic rings. The van der Waals surface area contributed by atoms with Gasteiger partial charge in [0.15, 0.2) is 0 Å². The van der Waals surface area contributed by atoms with E-state index in [4.69, 9.17) is 0 Å². The highest BCUT2D eigenvalue weighted by Gasteiger charge is 1.98. The highest BCUT2D eigenvalue weighted by atomic mass is 16.1. The third-order valence-corrected chi connectivity index (χ3v) is 1.86. The smallest absolute Gasteiger partial charge is 0.211 e. The summed E-state index contributed by atoms with van der Waals surface area (Å²) in [4.78, 5) is 14.5. The Bertz CT molecular complexity index is 434. The summed E-state index contributed by atoms with van der Waals surface area (Å²) in [6.07, 6.45) is 2.34. The molecule has 1 aromatic carbocycles. The van der Waals surface area contributed by atoms with Crippen LogP contribution < -0.4 is 5.32 Å². The van der Waals surface area contributed by atoms with Crippen molar-refractivity contribution >= 4 is 23.0 Å². The number of aromatic nitrogens is 1. The molecule has 0 spiro atoms. The number of nitrogens with zero attached hydrogens (tertiary/aromatic N) is 1. The van der Waals surface area contributed by atoms with Crippen LogP contribution in [0, 0.1) is 0 Å². The molecule has 0 saturated heterocycles. The van der Waals surface area contributed by atoms with Crippen LogP contribution in [0.1, 0.15) is 0 Å². The summed E-state index contributed by atoms with van der Waals surface area (Å²) < 4.78 is 0. The van der Waals surface area contributed by atoms with Gasteiger partial charge in [-0.1, -0.05) is 18.2 Å². The highest BCUT2D eigenvalue weighted by Crippen LogP contribution is 2.19. The third kappa shape index (κ3) is 1.36. The Hall–Kier alpha value is -1.90. The summed E-state index contributed by atoms with van der Waals surface area (Å²) in [6, 6.07) is 9.44. The van der Waals surface area contributed by atoms with Crippen molar-refractivity contribution in [3.05, 3.63) is 36.5 Å². The van der Waals surface area contributed by atoms with Crippen molar-refractivity contribution in [1.29, 1.82) is 0 Å². The van der Waals surface area contributed by atoms with Crippen molar-refractivity contribution in [1.82, 2.24) is 4.98 Å². The molecule has 0 saturated carbocycles. The van der Waals surface area contributed by atoms with Crippen molar-refractivity contribution in [3.8, 4) is 0 Å². The van der Waals surface area contributed by atoms with Gasteiger partial charge in [-0.05, 0) is 12.1 Å². The fourth-order valence-corrected chi connectivity index (χ4v) is 1.29. The Morgan fingerprint density at radius 1 is 1.23 bits per heavy atom. The highest BCUT2D eigenvalue weighted by molar-refractivity contribution is 5.94. The van der Waals surface area contributed by atoms with Crippen LogP contribution in [0.25, 0.3) is 10.9 Å². The maximum absolute atomic E-state index is 10.3. The standard InChI is InChI=1S/C10H8N2O/c13-7-12-10-5-6-11-9-4-2-1-3-8(9)10/h1-7H,(H,11,12,13). The molecule has 0 fully saturated rings. The molecule has 1 aromatic heterocycles. The number of pyridine rings is 1. The molecule has 3 heteroatoms. The lowest BCUT2D eigenvalue weighted by Crippen LogP contribution is -1.94. The number of nitrogens with one attached hydrogen (secondary N) is 1. The molecule has 13 heavy (non-hydrogen) atoms. The van der Waals surface area contributed by atoms with Gasteiger partial charge in [0, 0.05) is 11.6 Å². The zero-order chi connectivity index (χ0) is 9.10. The molecule has 0 unspecified atom stereocenters. The Morgan fingerprint density at radius 2 is 2.08 bits per heavy atom. The summed E-state index contributed by atoms with van der Waals surface area (Å²) in [5, 5.41) is 3.59. The van der Waals surface area contributed by atoms with E-state index >= 15 is 0 Å². The SMILES string of the molecule is O=CNc1ccnc2ccccc12. The first-order valence-corrected chi connectivity index (χ1v) is 3.96. The van der Waals surface area contributed by atoms with Gasteiger partial charge in [-0.15, -0.1) is 0 Å². The second-order valence-electron chi connectivity index (χ2n) is 2.64. The molecule has 64 valence electrons. The van der Waals surface area contributed by atoms with Crippen molar-refractivity contribution in [2.45, 2.75) is 0 Å². The van der Waals surface area contributed by atoms with E-state index in [1.807, 2.05) is 24.3 Å². The van der Waals surface area contributed by atoms with E-state index in [1.165, 1.54) is 0 Å². The Morgan fingerprint density at radius 3 is 2.92 bits per heavy atom. The molecule has 1 N–H and O–H groups in total. The van der Waals surface area contributed by atoms with Crippen LogP contribution in [0.15, 0.2) is 36.5 Å². The molecular formula is C10H8N2O. The number of amides is 1. The maximum Gasteiger partial charge on any atom is 0.211 e. The molecule has 0 aliphatic rings. The molecular weight excluding hydrogens is 164 g/mol. The van der Waals surface area contributed by atoms with Crippen molar-refractivity contribution in [2.24, 2.45) is 0 Å². The molecule has 0 radical (unpaired) electrons. The van der Waals surface area contributed by atoms with Crippen LogP contribution in [0.4, 0.5) is 5.69 Å². The second kappa shape index (κ2) is 3.23. The Labute approximate surface area is 75.4 Å². The van der Waals surface area contributed by atoms with Crippen LogP contribution >= 0.6 is 0 Å². The monoisotopic (exact) mass is 172 g/mol. The largest absolute Gasteiger partial charge is 0.328 e. The van der Waals surface area contributed by atoms with Gasteiger partial charge in [-0.2, -0.15) is 0 Å². The molecule has 0 aliphatic heterocycles. The molecule has 0 aliphatic carbocycles. The Kier molecular flexibility index (Phi) is 1.92. The quantitative estimate of drug-likeness (QED) is 0.702. The molecule has 2 rings (SSSR count). The zero-order valence-electron chi connectivity index (χ0n) is 6.90. The van der Waals surface area contributed by atoms with E-state index in [2.05, 4.69) is 10.3 Å². The van der Waals surface area contributed by atoms with E-state index in [-0.39, 0.29) is 0 Å². The number of anilines is 1. The van der Waals surface area contributed by atoms with E-state index < -0.39 is 0 Å². The summed E-state index contributed by atoms with van der Waals surface area (Å²) in [7, 11) is 0. The minimum atomic E-state index is 0.668. The number of hydrogen-bond acceptors (Lipinski definition) is 2. The normalized spacial score (nSPS) is 9.85. The minimum Gasteiger partial charge on any atom is -0.328 e. The van der Waals surface area contributed by atoms with Gasteiger partial charge in [0.1, 0.15) is 0 Å². The van der Waals surface area contributed by atoms with Gasteiger partial charge in [0.05, 0.1) is 11.2 Å². The summed E-state index contributed by atoms with van der Waals surface area (Å²) >= 11 is 0. The molecule has 0 atom stereocenters. The summed E-state index contributed by atoms with van der Waals surface area (Å²) in [5.41, 5.74) is 1.68. The molecule has 0 bridgehead atoms. The number of hydrogen-bond donors (Lipinski definition) is 1. The molecule has 1 heterocycles. The number of fused-ring (bicyclic) bond motifs is 1. The van der Waals surface area contributed by atoms with Crippen molar-refractivity contribution in [2.75, 3.05) is 5.32 Å². The first kappa shape index (κ1) is 7.73. The van der Waals surface area contributed by atoms with Crippen LogP contribution in [-0.4, -0.2) is 11.4 Å². The van der Waals surface area contributed by atoms with Gasteiger partial charge >= 0.3 is 0 Å². The lowest BCUT2D eigenvalue weighted by Gasteiger charge is -2.02. The number of rotatable bonds is 2. The van der Waals surface area contributed by atoms with Gasteiger partial charge in [0.25, 0.3) is 0 Å². The average Bonchev–Trinajstić information content (AvgIpc) is 2.19. The zero-order valence-corrected chi connectivity index (χ0v) is 6.90. The van der Waals surface area contributed by atoms with Crippen LogP contribution in [-0.2, 0) is 4.79 Å². The predicted molar refractivity (Wildman–Crippen MR) is 51.4 cm³/mol. The fourth-order valence-electron chi connectivity index (χ4n) is 1.29. The number of para-hydroxylation sites is 1. The van der Waals surface area contributed by atoms with Gasteiger partial charge < -0.3 is 5.32 Å². The third-order valence-electron chi connectivity index (χ3n) is 1.86. The number of carbonyl (C=O) groups is 1. The van der Waals surface area contributed by atoms with E-state index in [0.717, 1.165) is 16.6 Å². The lowest BCUT2D eigenvalue weighted by molar-refractivity contribution is -0.105. The van der Waals surface area contributed by atoms with Gasteiger partial charge in [0.2, 0.25) is 6.41 Å². The minimum absolute atomic E-state index is 0.668. The number of carbonyl (C=O) groups excluding carboxylic acids is 1. The van der Waals surface area contributed by atoms with Crippen LogP contribution in [0.5, 0.6) is 0 Å². The number of benzene rings is 1. The van der Waals surface area contributed by atoms with Crippen LogP contribution in [0.3, 0.4) is 0 Å².